The van der Waals surface area contributed by atoms with Crippen LogP contribution < -0.4 is 4.90 Å². The number of nitrogens with zero attached hydrogens (tertiary/aromatic N) is 4. The van der Waals surface area contributed by atoms with Crippen molar-refractivity contribution in [2.45, 2.75) is 56.9 Å². The predicted molar refractivity (Wildman–Crippen MR) is 161 cm³/mol. The Labute approximate surface area is 254 Å². The van der Waals surface area contributed by atoms with E-state index in [2.05, 4.69) is 32.3 Å². The third-order valence-electron chi connectivity index (χ3n) is 9.56. The topological polar surface area (TPSA) is 38.4 Å². The van der Waals surface area contributed by atoms with Gasteiger partial charge in [-0.2, -0.15) is 13.2 Å². The number of aromatic amines is 1. The standard InChI is InChI=1S/C34H36F5N5/c1-4-5-23-6-7-24(29(35)16-23)20-42-12-8-26(9-13-42)44-15-14-43(21-33(44)19-28(33)22(2)3)31-27(34(37,38)39)17-25(18-30(31)36)32-40-10-11-41-32/h1,6-7,10-11,16-18,26,28H,2,5,8-9,12-15,19-21H2,3H3,(H,40,41)/t28-,33?/m0/s1. The van der Waals surface area contributed by atoms with E-state index in [1.54, 1.807) is 11.0 Å². The molecule has 44 heavy (non-hydrogen) atoms. The van der Waals surface area contributed by atoms with E-state index in [0.29, 0.717) is 31.6 Å². The molecule has 1 unspecified atom stereocenters. The average molecular weight is 610 g/mol. The number of halogens is 5. The first-order valence-corrected chi connectivity index (χ1v) is 15.0. The number of terminal acetylenes is 1. The van der Waals surface area contributed by atoms with Crippen molar-refractivity contribution < 1.29 is 22.0 Å². The minimum absolute atomic E-state index is 0.0540. The summed E-state index contributed by atoms with van der Waals surface area (Å²) >= 11 is 0. The lowest BCUT2D eigenvalue weighted by atomic mass is 9.94. The molecule has 5 nitrogen and oxygen atoms in total. The van der Waals surface area contributed by atoms with Gasteiger partial charge in [-0.1, -0.05) is 24.3 Å². The van der Waals surface area contributed by atoms with E-state index in [-0.39, 0.29) is 35.7 Å². The SMILES string of the molecule is C#CCc1ccc(CN2CCC(N3CCN(c4c(F)cc(-c5ncc[nH]5)cc4C(F)(F)F)CC34C[C@H]4C(=C)C)CC2)c(F)c1. The largest absolute Gasteiger partial charge is 0.418 e. The van der Waals surface area contributed by atoms with Gasteiger partial charge in [0.15, 0.2) is 0 Å². The first-order valence-electron chi connectivity index (χ1n) is 15.0. The molecule has 3 aromatic rings. The Morgan fingerprint density at radius 3 is 2.50 bits per heavy atom. The van der Waals surface area contributed by atoms with Crippen LogP contribution in [0.5, 0.6) is 0 Å². The first-order chi connectivity index (χ1) is 21.0. The highest BCUT2D eigenvalue weighted by atomic mass is 19.4. The van der Waals surface area contributed by atoms with Gasteiger partial charge in [0.1, 0.15) is 17.5 Å². The molecule has 2 atom stereocenters. The summed E-state index contributed by atoms with van der Waals surface area (Å²) in [5.74, 6) is 1.69. The molecule has 6 rings (SSSR count). The summed E-state index contributed by atoms with van der Waals surface area (Å²) in [6.07, 6.45) is 6.42. The van der Waals surface area contributed by atoms with Crippen LogP contribution in [-0.4, -0.2) is 64.1 Å². The number of nitrogens with one attached hydrogen (secondary N) is 1. The van der Waals surface area contributed by atoms with E-state index in [1.165, 1.54) is 18.5 Å². The normalized spacial score (nSPS) is 23.2. The van der Waals surface area contributed by atoms with Crippen molar-refractivity contribution in [1.29, 1.82) is 0 Å². The Kier molecular flexibility index (Phi) is 8.05. The summed E-state index contributed by atoms with van der Waals surface area (Å²) in [5.41, 5.74) is 0.673. The zero-order valence-electron chi connectivity index (χ0n) is 24.7. The number of piperidine rings is 1. The molecule has 1 N–H and O–H groups in total. The van der Waals surface area contributed by atoms with Crippen molar-refractivity contribution in [2.75, 3.05) is 37.6 Å². The van der Waals surface area contributed by atoms with Gasteiger partial charge in [0.05, 0.1) is 11.3 Å². The van der Waals surface area contributed by atoms with Crippen molar-refractivity contribution in [3.8, 4) is 23.7 Å². The fraction of sp³-hybridized carbons (Fsp3) is 0.441. The average Bonchev–Trinajstić information content (AvgIpc) is 3.41. The Morgan fingerprint density at radius 1 is 1.11 bits per heavy atom. The van der Waals surface area contributed by atoms with Gasteiger partial charge in [-0.3, -0.25) is 9.80 Å². The summed E-state index contributed by atoms with van der Waals surface area (Å²) < 4.78 is 73.5. The zero-order chi connectivity index (χ0) is 31.2. The van der Waals surface area contributed by atoms with Crippen LogP contribution in [0.2, 0.25) is 0 Å². The molecule has 0 bridgehead atoms. The fourth-order valence-corrected chi connectivity index (χ4v) is 7.38. The molecular weight excluding hydrogens is 573 g/mol. The van der Waals surface area contributed by atoms with E-state index >= 15 is 4.39 Å². The van der Waals surface area contributed by atoms with Crippen LogP contribution in [0.15, 0.2) is 54.9 Å². The Morgan fingerprint density at radius 2 is 1.89 bits per heavy atom. The number of imidazole rings is 1. The van der Waals surface area contributed by atoms with Crippen LogP contribution in [0, 0.1) is 29.9 Å². The molecule has 2 aliphatic heterocycles. The minimum atomic E-state index is -4.74. The van der Waals surface area contributed by atoms with Gasteiger partial charge in [-0.25, -0.2) is 13.8 Å². The molecule has 232 valence electrons. The predicted octanol–water partition coefficient (Wildman–Crippen LogP) is 6.67. The van der Waals surface area contributed by atoms with E-state index in [4.69, 9.17) is 6.42 Å². The van der Waals surface area contributed by atoms with Crippen LogP contribution in [-0.2, 0) is 19.1 Å². The van der Waals surface area contributed by atoms with Crippen molar-refractivity contribution in [2.24, 2.45) is 5.92 Å². The van der Waals surface area contributed by atoms with Gasteiger partial charge < -0.3 is 9.88 Å². The maximum absolute atomic E-state index is 15.7. The number of alkyl halides is 3. The van der Waals surface area contributed by atoms with E-state index in [9.17, 15) is 17.6 Å². The highest BCUT2D eigenvalue weighted by molar-refractivity contribution is 5.67. The van der Waals surface area contributed by atoms with Crippen LogP contribution in [0.1, 0.15) is 42.9 Å². The van der Waals surface area contributed by atoms with Crippen LogP contribution in [0.3, 0.4) is 0 Å². The molecule has 1 aliphatic carbocycles. The monoisotopic (exact) mass is 609 g/mol. The summed E-state index contributed by atoms with van der Waals surface area (Å²) in [6.45, 7) is 9.31. The molecule has 3 aliphatic rings. The number of likely N-dealkylation sites (tertiary alicyclic amines) is 1. The number of piperazine rings is 1. The van der Waals surface area contributed by atoms with Gasteiger partial charge in [-0.15, -0.1) is 12.3 Å². The molecule has 1 saturated carbocycles. The summed E-state index contributed by atoms with van der Waals surface area (Å²) in [6, 6.07) is 7.53. The number of H-pyrrole nitrogens is 1. The van der Waals surface area contributed by atoms with Gasteiger partial charge in [0.25, 0.3) is 0 Å². The molecule has 1 aromatic heterocycles. The lowest BCUT2D eigenvalue weighted by Gasteiger charge is -2.50. The quantitative estimate of drug-likeness (QED) is 0.185. The van der Waals surface area contributed by atoms with Gasteiger partial charge in [-0.05, 0) is 63.0 Å². The highest BCUT2D eigenvalue weighted by Crippen LogP contribution is 2.56. The number of hydrogen-bond acceptors (Lipinski definition) is 4. The second kappa shape index (κ2) is 11.7. The molecule has 2 aromatic carbocycles. The summed E-state index contributed by atoms with van der Waals surface area (Å²) in [4.78, 5) is 13.1. The summed E-state index contributed by atoms with van der Waals surface area (Å²) in [7, 11) is 0. The van der Waals surface area contributed by atoms with Crippen molar-refractivity contribution >= 4 is 5.69 Å². The van der Waals surface area contributed by atoms with Gasteiger partial charge >= 0.3 is 6.18 Å². The van der Waals surface area contributed by atoms with Gasteiger partial charge in [0.2, 0.25) is 0 Å². The van der Waals surface area contributed by atoms with Crippen molar-refractivity contribution in [3.63, 3.8) is 0 Å². The maximum Gasteiger partial charge on any atom is 0.418 e. The maximum atomic E-state index is 15.7. The summed E-state index contributed by atoms with van der Waals surface area (Å²) in [5, 5.41) is 0. The highest BCUT2D eigenvalue weighted by Gasteiger charge is 2.62. The number of hydrogen-bond donors (Lipinski definition) is 1. The molecule has 3 fully saturated rings. The van der Waals surface area contributed by atoms with E-state index in [0.717, 1.165) is 55.6 Å². The lowest BCUT2D eigenvalue weighted by molar-refractivity contribution is -0.137. The van der Waals surface area contributed by atoms with E-state index < -0.39 is 28.8 Å². The Bertz CT molecular complexity index is 1570. The third-order valence-corrected chi connectivity index (χ3v) is 9.56. The fourth-order valence-electron chi connectivity index (χ4n) is 7.38. The molecule has 2 saturated heterocycles. The molecule has 1 spiro atoms. The third kappa shape index (κ3) is 5.75. The van der Waals surface area contributed by atoms with Gasteiger partial charge in [0, 0.05) is 73.6 Å². The molecular formula is C34H36F5N5. The minimum Gasteiger partial charge on any atom is -0.366 e. The van der Waals surface area contributed by atoms with E-state index in [1.807, 2.05) is 13.0 Å². The second-order valence-electron chi connectivity index (χ2n) is 12.4. The number of aromatic nitrogens is 2. The zero-order valence-corrected chi connectivity index (χ0v) is 24.7. The number of anilines is 1. The van der Waals surface area contributed by atoms with Crippen LogP contribution in [0.25, 0.3) is 11.4 Å². The first kappa shape index (κ1) is 30.4. The second-order valence-corrected chi connectivity index (χ2v) is 12.4. The molecule has 3 heterocycles. The smallest absolute Gasteiger partial charge is 0.366 e. The van der Waals surface area contributed by atoms with Crippen molar-refractivity contribution in [1.82, 2.24) is 19.8 Å². The van der Waals surface area contributed by atoms with Crippen LogP contribution in [0.4, 0.5) is 27.6 Å². The Balaban J connectivity index is 1.19. The number of rotatable bonds is 7. The number of benzene rings is 2. The lowest BCUT2D eigenvalue weighted by Crippen LogP contribution is -2.61. The van der Waals surface area contributed by atoms with Crippen LogP contribution >= 0.6 is 0 Å². The van der Waals surface area contributed by atoms with Crippen molar-refractivity contribution in [3.05, 3.63) is 83.2 Å². The molecule has 10 heteroatoms. The Hall–Kier alpha value is -3.68. The molecule has 0 amide bonds. The molecule has 0 radical (unpaired) electrons.